The van der Waals surface area contributed by atoms with Crippen LogP contribution in [0.15, 0.2) is 24.7 Å². The second kappa shape index (κ2) is 9.64. The molecule has 1 aromatic carbocycles. The predicted octanol–water partition coefficient (Wildman–Crippen LogP) is 4.11. The number of hydrogen-bond acceptors (Lipinski definition) is 6. The van der Waals surface area contributed by atoms with Crippen LogP contribution in [0.2, 0.25) is 0 Å². The molecule has 3 heterocycles. The average molecular weight is 502 g/mol. The number of fused-ring (bicyclic) bond motifs is 1. The van der Waals surface area contributed by atoms with Gasteiger partial charge in [-0.25, -0.2) is 14.4 Å². The van der Waals surface area contributed by atoms with Gasteiger partial charge in [-0.3, -0.25) is 4.79 Å². The minimum atomic E-state index is -4.55. The van der Waals surface area contributed by atoms with Crippen molar-refractivity contribution < 1.29 is 41.0 Å². The van der Waals surface area contributed by atoms with Gasteiger partial charge in [0.25, 0.3) is 5.91 Å². The normalized spacial score (nSPS) is 22.0. The maximum atomic E-state index is 13.7. The molecule has 1 aliphatic rings. The van der Waals surface area contributed by atoms with Crippen molar-refractivity contribution in [1.29, 1.82) is 0 Å². The number of carbonyl (C=O) groups is 1. The number of halogens is 5. The number of nitrogens with zero attached hydrogens (tertiary/aromatic N) is 2. The van der Waals surface area contributed by atoms with Crippen LogP contribution in [-0.4, -0.2) is 53.5 Å². The lowest BCUT2D eigenvalue weighted by Crippen LogP contribution is -2.46. The van der Waals surface area contributed by atoms with E-state index in [2.05, 4.69) is 15.0 Å². The highest BCUT2D eigenvalue weighted by Crippen LogP contribution is 2.51. The molecule has 8 nitrogen and oxygen atoms in total. The number of nitrogens with two attached hydrogens (primary N) is 1. The van der Waals surface area contributed by atoms with Crippen molar-refractivity contribution in [3.05, 3.63) is 47.5 Å². The minimum Gasteiger partial charge on any atom is -0.493 e. The number of aromatic nitrogens is 3. The molecule has 3 atom stereocenters. The van der Waals surface area contributed by atoms with Gasteiger partial charge in [-0.15, -0.1) is 0 Å². The molecule has 3 N–H and O–H groups in total. The second-order valence-electron chi connectivity index (χ2n) is 7.96. The number of aromatic amines is 1. The maximum Gasteiger partial charge on any atom is 0.417 e. The van der Waals surface area contributed by atoms with Crippen LogP contribution < -0.4 is 15.2 Å². The Labute approximate surface area is 196 Å². The number of ether oxygens (including phenoxy) is 3. The number of pyridine rings is 1. The fourth-order valence-electron chi connectivity index (χ4n) is 3.91. The van der Waals surface area contributed by atoms with Gasteiger partial charge in [-0.1, -0.05) is 13.0 Å². The monoisotopic (exact) mass is 502 g/mol. The van der Waals surface area contributed by atoms with Crippen molar-refractivity contribution in [2.24, 2.45) is 11.7 Å². The zero-order valence-corrected chi connectivity index (χ0v) is 19.2. The lowest BCUT2D eigenvalue weighted by molar-refractivity contribution is -0.266. The number of primary amides is 1. The number of amides is 1. The van der Waals surface area contributed by atoms with E-state index in [1.54, 1.807) is 0 Å². The molecule has 190 valence electrons. The number of imidazole rings is 1. The number of benzene rings is 1. The van der Waals surface area contributed by atoms with Crippen molar-refractivity contribution in [1.82, 2.24) is 15.0 Å². The molecule has 0 aliphatic carbocycles. The first-order valence-electron chi connectivity index (χ1n) is 10.3. The number of hydrogen-bond donors (Lipinski definition) is 2. The lowest BCUT2D eigenvalue weighted by Gasteiger charge is -2.32. The molecule has 1 aliphatic heterocycles. The van der Waals surface area contributed by atoms with E-state index in [0.29, 0.717) is 16.8 Å². The summed E-state index contributed by atoms with van der Waals surface area (Å²) in [7, 11) is 2.66. The molecular formula is C22H23F5N4O4. The number of alkyl halides is 3. The van der Waals surface area contributed by atoms with Crippen molar-refractivity contribution in [2.75, 3.05) is 20.8 Å². The number of H-pyrrole nitrogens is 1. The van der Waals surface area contributed by atoms with E-state index < -0.39 is 41.2 Å². The summed E-state index contributed by atoms with van der Waals surface area (Å²) in [5.41, 5.74) is 4.18. The molecule has 0 radical (unpaired) electrons. The minimum absolute atomic E-state index is 0.141. The van der Waals surface area contributed by atoms with E-state index in [1.807, 2.05) is 0 Å². The number of methoxy groups -OCH3 is 2. The summed E-state index contributed by atoms with van der Waals surface area (Å²) in [6.45, 7) is 2.11. The van der Waals surface area contributed by atoms with Gasteiger partial charge in [0.2, 0.25) is 5.82 Å². The molecule has 3 aromatic rings. The Balaban J connectivity index is 0.000000211. The quantitative estimate of drug-likeness (QED) is 0.520. The van der Waals surface area contributed by atoms with Crippen molar-refractivity contribution in [3.63, 3.8) is 0 Å². The Morgan fingerprint density at radius 2 is 1.91 bits per heavy atom. The van der Waals surface area contributed by atoms with Crippen LogP contribution in [0.1, 0.15) is 35.8 Å². The van der Waals surface area contributed by atoms with Gasteiger partial charge in [0.1, 0.15) is 11.0 Å². The second-order valence-corrected chi connectivity index (χ2v) is 7.96. The van der Waals surface area contributed by atoms with Crippen LogP contribution in [0.4, 0.5) is 22.0 Å². The summed E-state index contributed by atoms with van der Waals surface area (Å²) in [6, 6.07) is 2.12. The van der Waals surface area contributed by atoms with Crippen molar-refractivity contribution in [3.8, 4) is 11.5 Å². The van der Waals surface area contributed by atoms with E-state index in [4.69, 9.17) is 19.9 Å². The van der Waals surface area contributed by atoms with Gasteiger partial charge in [-0.05, 0) is 13.0 Å². The first kappa shape index (κ1) is 26.1. The van der Waals surface area contributed by atoms with Crippen molar-refractivity contribution >= 4 is 16.9 Å². The van der Waals surface area contributed by atoms with Gasteiger partial charge < -0.3 is 24.9 Å². The van der Waals surface area contributed by atoms with E-state index in [0.717, 1.165) is 20.1 Å². The summed E-state index contributed by atoms with van der Waals surface area (Å²) in [5.74, 6) is -4.46. The summed E-state index contributed by atoms with van der Waals surface area (Å²) in [4.78, 5) is 21.6. The van der Waals surface area contributed by atoms with Gasteiger partial charge >= 0.3 is 6.18 Å². The van der Waals surface area contributed by atoms with Gasteiger partial charge in [0.05, 0.1) is 33.4 Å². The Kier molecular flexibility index (Phi) is 7.20. The molecule has 35 heavy (non-hydrogen) atoms. The van der Waals surface area contributed by atoms with Gasteiger partial charge in [-0.2, -0.15) is 17.6 Å². The average Bonchev–Trinajstić information content (AvgIpc) is 3.41. The topological polar surface area (TPSA) is 112 Å². The first-order valence-corrected chi connectivity index (χ1v) is 10.3. The standard InChI is InChI=1S/C14H15F5O2.C8H8N4O2/c1-7-9(6-21-13(7,2)14(17,18)19)8-4-5-10(15)11(16)12(8)20-3;1-14-4-2-10-7(8(9)13)6-5(4)11-3-12-6/h4-5,7,9H,6H2,1-3H3;2-3H,1H3,(H2,9,13)(H,11,12)/t7?,9?,13-;/m1./s1. The fraction of sp³-hybridized carbons (Fsp3) is 0.409. The molecule has 13 heteroatoms. The number of rotatable bonds is 4. The summed E-state index contributed by atoms with van der Waals surface area (Å²) >= 11 is 0. The van der Waals surface area contributed by atoms with E-state index in [9.17, 15) is 26.7 Å². The largest absolute Gasteiger partial charge is 0.493 e. The molecule has 2 unspecified atom stereocenters. The third kappa shape index (κ3) is 4.59. The van der Waals surface area contributed by atoms with Crippen LogP contribution in [0.25, 0.3) is 11.0 Å². The molecule has 0 spiro atoms. The van der Waals surface area contributed by atoms with Crippen LogP contribution in [-0.2, 0) is 4.74 Å². The van der Waals surface area contributed by atoms with E-state index in [1.165, 1.54) is 32.6 Å². The summed E-state index contributed by atoms with van der Waals surface area (Å²) < 4.78 is 81.1. The van der Waals surface area contributed by atoms with Gasteiger partial charge in [0.15, 0.2) is 28.6 Å². The van der Waals surface area contributed by atoms with Crippen LogP contribution in [0.5, 0.6) is 11.5 Å². The van der Waals surface area contributed by atoms with E-state index in [-0.39, 0.29) is 23.6 Å². The Morgan fingerprint density at radius 1 is 1.23 bits per heavy atom. The lowest BCUT2D eigenvalue weighted by atomic mass is 9.79. The Hall–Kier alpha value is -3.48. The number of nitrogens with one attached hydrogen (secondary N) is 1. The predicted molar refractivity (Wildman–Crippen MR) is 114 cm³/mol. The third-order valence-corrected chi connectivity index (χ3v) is 6.16. The molecule has 1 amide bonds. The van der Waals surface area contributed by atoms with Gasteiger partial charge in [0, 0.05) is 17.4 Å². The number of carbonyl (C=O) groups excluding carboxylic acids is 1. The molecule has 1 saturated heterocycles. The molecule has 0 bridgehead atoms. The molecule has 2 aromatic heterocycles. The van der Waals surface area contributed by atoms with Crippen LogP contribution in [0.3, 0.4) is 0 Å². The molecule has 0 saturated carbocycles. The smallest absolute Gasteiger partial charge is 0.417 e. The fourth-order valence-corrected chi connectivity index (χ4v) is 3.91. The summed E-state index contributed by atoms with van der Waals surface area (Å²) in [6.07, 6.45) is -1.66. The highest BCUT2D eigenvalue weighted by molar-refractivity contribution is 6.03. The SMILES string of the molecule is COc1c(C2CO[C@@](C)(C(F)(F)F)C2C)ccc(F)c1F.COc1cnc(C(N)=O)c2nc[nH]c12. The summed E-state index contributed by atoms with van der Waals surface area (Å²) in [5, 5.41) is 0. The van der Waals surface area contributed by atoms with Crippen molar-refractivity contribution in [2.45, 2.75) is 31.5 Å². The highest BCUT2D eigenvalue weighted by atomic mass is 19.4. The van der Waals surface area contributed by atoms with Crippen LogP contribution >= 0.6 is 0 Å². The maximum absolute atomic E-state index is 13.7. The molecule has 4 rings (SSSR count). The van der Waals surface area contributed by atoms with Crippen LogP contribution in [0, 0.1) is 17.6 Å². The highest BCUT2D eigenvalue weighted by Gasteiger charge is 2.61. The Bertz CT molecular complexity index is 1230. The molecule has 1 fully saturated rings. The third-order valence-electron chi connectivity index (χ3n) is 6.16. The molecular weight excluding hydrogens is 479 g/mol. The van der Waals surface area contributed by atoms with E-state index >= 15 is 0 Å². The zero-order valence-electron chi connectivity index (χ0n) is 19.2. The first-order chi connectivity index (χ1) is 16.4. The zero-order chi connectivity index (χ0) is 26.1. The Morgan fingerprint density at radius 3 is 2.46 bits per heavy atom.